The van der Waals surface area contributed by atoms with Crippen molar-refractivity contribution in [3.05, 3.63) is 29.8 Å². The molecule has 26 heavy (non-hydrogen) atoms. The van der Waals surface area contributed by atoms with E-state index in [1.165, 1.54) is 19.3 Å². The molecular weight excluding hydrogens is 328 g/mol. The fourth-order valence-corrected chi connectivity index (χ4v) is 4.05. The first kappa shape index (κ1) is 18.7. The number of nitrogens with one attached hydrogen (secondary N) is 2. The first-order valence-corrected chi connectivity index (χ1v) is 9.63. The average molecular weight is 358 g/mol. The van der Waals surface area contributed by atoms with Gasteiger partial charge in [0.25, 0.3) is 0 Å². The summed E-state index contributed by atoms with van der Waals surface area (Å²) in [4.78, 5) is 24.5. The van der Waals surface area contributed by atoms with Gasteiger partial charge in [0.05, 0.1) is 0 Å². The van der Waals surface area contributed by atoms with E-state index in [0.717, 1.165) is 36.4 Å². The molecule has 2 N–H and O–H groups in total. The third-order valence-electron chi connectivity index (χ3n) is 5.62. The molecule has 2 bridgehead atoms. The Morgan fingerprint density at radius 1 is 1.08 bits per heavy atom. The molecule has 5 heteroatoms. The van der Waals surface area contributed by atoms with Crippen molar-refractivity contribution < 1.29 is 14.3 Å². The molecule has 142 valence electrons. The van der Waals surface area contributed by atoms with E-state index >= 15 is 0 Å². The minimum Gasteiger partial charge on any atom is -0.444 e. The summed E-state index contributed by atoms with van der Waals surface area (Å²) < 4.78 is 5.22. The number of fused-ring (bicyclic) bond motifs is 3. The Hall–Kier alpha value is -2.04. The maximum atomic E-state index is 12.8. The van der Waals surface area contributed by atoms with Crippen LogP contribution in [0.2, 0.25) is 0 Å². The van der Waals surface area contributed by atoms with Crippen LogP contribution in [0.15, 0.2) is 24.3 Å². The first-order valence-electron chi connectivity index (χ1n) is 9.63. The number of benzene rings is 1. The number of anilines is 1. The van der Waals surface area contributed by atoms with Gasteiger partial charge in [-0.2, -0.15) is 0 Å². The molecule has 0 radical (unpaired) electrons. The molecule has 0 spiro atoms. The number of hydrogen-bond donors (Lipinski definition) is 2. The van der Waals surface area contributed by atoms with Crippen molar-refractivity contribution in [2.75, 3.05) is 5.32 Å². The Labute approximate surface area is 155 Å². The highest BCUT2D eigenvalue weighted by molar-refractivity contribution is 5.95. The molecule has 2 amide bonds. The SMILES string of the molecule is CC(C)(C)OC(=O)NCc1ccc(NC(=O)C23CCC(CC2)CC3)cc1. The largest absolute Gasteiger partial charge is 0.444 e. The Morgan fingerprint density at radius 3 is 2.19 bits per heavy atom. The molecule has 3 saturated carbocycles. The number of rotatable bonds is 4. The van der Waals surface area contributed by atoms with Crippen LogP contribution in [0, 0.1) is 11.3 Å². The van der Waals surface area contributed by atoms with Crippen molar-refractivity contribution in [3.8, 4) is 0 Å². The van der Waals surface area contributed by atoms with Gasteiger partial charge in [0.15, 0.2) is 0 Å². The zero-order valence-corrected chi connectivity index (χ0v) is 16.1. The van der Waals surface area contributed by atoms with Gasteiger partial charge >= 0.3 is 6.09 Å². The number of carbonyl (C=O) groups excluding carboxylic acids is 2. The summed E-state index contributed by atoms with van der Waals surface area (Å²) >= 11 is 0. The lowest BCUT2D eigenvalue weighted by Crippen LogP contribution is -2.43. The van der Waals surface area contributed by atoms with Crippen molar-refractivity contribution in [2.45, 2.75) is 71.4 Å². The van der Waals surface area contributed by atoms with E-state index in [9.17, 15) is 9.59 Å². The monoisotopic (exact) mass is 358 g/mol. The van der Waals surface area contributed by atoms with E-state index in [-0.39, 0.29) is 11.3 Å². The average Bonchev–Trinajstić information content (AvgIpc) is 2.61. The van der Waals surface area contributed by atoms with Crippen LogP contribution in [-0.4, -0.2) is 17.6 Å². The van der Waals surface area contributed by atoms with Crippen LogP contribution in [0.4, 0.5) is 10.5 Å². The lowest BCUT2D eigenvalue weighted by molar-refractivity contribution is -0.131. The third-order valence-corrected chi connectivity index (χ3v) is 5.62. The summed E-state index contributed by atoms with van der Waals surface area (Å²) in [5, 5.41) is 5.84. The molecular formula is C21H30N2O3. The van der Waals surface area contributed by atoms with Gasteiger partial charge in [0.1, 0.15) is 5.60 Å². The molecule has 1 aromatic carbocycles. The van der Waals surface area contributed by atoms with E-state index in [1.807, 2.05) is 45.0 Å². The van der Waals surface area contributed by atoms with Crippen LogP contribution >= 0.6 is 0 Å². The van der Waals surface area contributed by atoms with Gasteiger partial charge in [0, 0.05) is 17.6 Å². The minimum atomic E-state index is -0.504. The second kappa shape index (κ2) is 7.29. The maximum Gasteiger partial charge on any atom is 0.407 e. The molecule has 3 aliphatic carbocycles. The van der Waals surface area contributed by atoms with Crippen molar-refractivity contribution >= 4 is 17.7 Å². The van der Waals surface area contributed by atoms with E-state index in [1.54, 1.807) is 0 Å². The lowest BCUT2D eigenvalue weighted by atomic mass is 9.60. The predicted molar refractivity (Wildman–Crippen MR) is 102 cm³/mol. The number of carbonyl (C=O) groups is 2. The maximum absolute atomic E-state index is 12.8. The van der Waals surface area contributed by atoms with E-state index in [0.29, 0.717) is 6.54 Å². The van der Waals surface area contributed by atoms with Crippen LogP contribution in [0.25, 0.3) is 0 Å². The van der Waals surface area contributed by atoms with Gasteiger partial charge in [-0.3, -0.25) is 4.79 Å². The van der Waals surface area contributed by atoms with E-state index in [4.69, 9.17) is 4.74 Å². The van der Waals surface area contributed by atoms with Crippen molar-refractivity contribution in [2.24, 2.45) is 11.3 Å². The minimum absolute atomic E-state index is 0.147. The highest BCUT2D eigenvalue weighted by Gasteiger charge is 2.45. The van der Waals surface area contributed by atoms with Gasteiger partial charge < -0.3 is 15.4 Å². The summed E-state index contributed by atoms with van der Waals surface area (Å²) in [5.74, 6) is 1.02. The van der Waals surface area contributed by atoms with Crippen LogP contribution < -0.4 is 10.6 Å². The first-order chi connectivity index (χ1) is 12.3. The molecule has 4 rings (SSSR count). The van der Waals surface area contributed by atoms with Gasteiger partial charge in [0.2, 0.25) is 5.91 Å². The van der Waals surface area contributed by atoms with Gasteiger partial charge in [-0.15, -0.1) is 0 Å². The molecule has 0 heterocycles. The second-order valence-electron chi connectivity index (χ2n) is 8.77. The van der Waals surface area contributed by atoms with Crippen LogP contribution in [0.3, 0.4) is 0 Å². The quantitative estimate of drug-likeness (QED) is 0.825. The van der Waals surface area contributed by atoms with Gasteiger partial charge in [-0.05, 0) is 82.9 Å². The normalized spacial score (nSPS) is 24.8. The number of hydrogen-bond acceptors (Lipinski definition) is 3. The zero-order valence-electron chi connectivity index (χ0n) is 16.1. The standard InChI is InChI=1S/C21H30N2O3/c1-20(2,3)26-19(25)22-14-16-4-6-17(7-5-16)23-18(24)21-11-8-15(9-12-21)10-13-21/h4-7,15H,8-14H2,1-3H3,(H,22,25)(H,23,24). The summed E-state index contributed by atoms with van der Waals surface area (Å²) in [5.41, 5.74) is 1.13. The predicted octanol–water partition coefficient (Wildman–Crippen LogP) is 4.62. The zero-order chi connectivity index (χ0) is 18.8. The molecule has 3 aliphatic rings. The van der Waals surface area contributed by atoms with Crippen molar-refractivity contribution in [1.29, 1.82) is 0 Å². The fraction of sp³-hybridized carbons (Fsp3) is 0.619. The number of alkyl carbamates (subject to hydrolysis) is 1. The fourth-order valence-electron chi connectivity index (χ4n) is 4.05. The molecule has 0 aliphatic heterocycles. The number of amides is 2. The van der Waals surface area contributed by atoms with Crippen LogP contribution in [-0.2, 0) is 16.1 Å². The van der Waals surface area contributed by atoms with Gasteiger partial charge in [-0.25, -0.2) is 4.79 Å². The topological polar surface area (TPSA) is 67.4 Å². The molecule has 0 aromatic heterocycles. The molecule has 3 fully saturated rings. The van der Waals surface area contributed by atoms with Gasteiger partial charge in [-0.1, -0.05) is 12.1 Å². The molecule has 5 nitrogen and oxygen atoms in total. The third kappa shape index (κ3) is 4.57. The Bertz CT molecular complexity index is 639. The Balaban J connectivity index is 1.51. The number of ether oxygens (including phenoxy) is 1. The molecule has 1 aromatic rings. The highest BCUT2D eigenvalue weighted by Crippen LogP contribution is 2.50. The summed E-state index contributed by atoms with van der Waals surface area (Å²) in [6.45, 7) is 5.90. The van der Waals surface area contributed by atoms with E-state index < -0.39 is 11.7 Å². The second-order valence-corrected chi connectivity index (χ2v) is 8.77. The highest BCUT2D eigenvalue weighted by atomic mass is 16.6. The Morgan fingerprint density at radius 2 is 1.65 bits per heavy atom. The lowest BCUT2D eigenvalue weighted by Gasteiger charge is -2.45. The molecule has 0 unspecified atom stereocenters. The van der Waals surface area contributed by atoms with Crippen molar-refractivity contribution in [1.82, 2.24) is 5.32 Å². The molecule has 0 atom stereocenters. The van der Waals surface area contributed by atoms with Crippen LogP contribution in [0.1, 0.15) is 64.9 Å². The Kier molecular flexibility index (Phi) is 5.26. The van der Waals surface area contributed by atoms with Crippen molar-refractivity contribution in [3.63, 3.8) is 0 Å². The van der Waals surface area contributed by atoms with E-state index in [2.05, 4.69) is 10.6 Å². The summed E-state index contributed by atoms with van der Waals surface area (Å²) in [7, 11) is 0. The van der Waals surface area contributed by atoms with Crippen LogP contribution in [0.5, 0.6) is 0 Å². The summed E-state index contributed by atoms with van der Waals surface area (Å²) in [6.07, 6.45) is 6.25. The smallest absolute Gasteiger partial charge is 0.407 e. The summed E-state index contributed by atoms with van der Waals surface area (Å²) in [6, 6.07) is 7.63. The molecule has 0 saturated heterocycles.